The van der Waals surface area contributed by atoms with Crippen molar-refractivity contribution in [3.63, 3.8) is 0 Å². The summed E-state index contributed by atoms with van der Waals surface area (Å²) >= 11 is 0. The number of hydrogen-bond donors (Lipinski definition) is 2. The van der Waals surface area contributed by atoms with Crippen LogP contribution in [0.5, 0.6) is 0 Å². The first-order chi connectivity index (χ1) is 9.28. The maximum absolute atomic E-state index is 5.76. The normalized spacial score (nSPS) is 17.2. The highest BCUT2D eigenvalue weighted by Gasteiger charge is 2.13. The van der Waals surface area contributed by atoms with E-state index in [4.69, 9.17) is 5.73 Å². The van der Waals surface area contributed by atoms with E-state index in [-0.39, 0.29) is 0 Å². The number of nitrogens with zero attached hydrogens (tertiary/aromatic N) is 2. The largest absolute Gasteiger partial charge is 0.350 e. The summed E-state index contributed by atoms with van der Waals surface area (Å²) in [5, 5.41) is 4.75. The lowest BCUT2D eigenvalue weighted by Crippen LogP contribution is -2.42. The predicted molar refractivity (Wildman–Crippen MR) is 79.0 cm³/mol. The van der Waals surface area contributed by atoms with Gasteiger partial charge in [0.25, 0.3) is 0 Å². The van der Waals surface area contributed by atoms with Crippen LogP contribution in [0, 0.1) is 0 Å². The fraction of sp³-hybridized carbons (Fsp3) is 0.467. The van der Waals surface area contributed by atoms with Crippen LogP contribution < -0.4 is 11.1 Å². The Kier molecular flexibility index (Phi) is 3.55. The Balaban J connectivity index is 1.93. The number of benzene rings is 1. The van der Waals surface area contributed by atoms with E-state index in [9.17, 15) is 0 Å². The number of fused-ring (bicyclic) bond motifs is 1. The molecule has 0 unspecified atom stereocenters. The number of piperazine rings is 1. The maximum Gasteiger partial charge on any atom is 0.0481 e. The molecule has 2 aromatic rings. The van der Waals surface area contributed by atoms with Gasteiger partial charge in [-0.2, -0.15) is 0 Å². The summed E-state index contributed by atoms with van der Waals surface area (Å²) < 4.78 is 2.22. The molecule has 0 radical (unpaired) electrons. The van der Waals surface area contributed by atoms with Gasteiger partial charge in [-0.1, -0.05) is 6.07 Å². The molecule has 0 spiro atoms. The molecule has 0 saturated carbocycles. The topological polar surface area (TPSA) is 46.2 Å². The molecule has 0 aliphatic carbocycles. The van der Waals surface area contributed by atoms with E-state index in [0.717, 1.165) is 32.7 Å². The first kappa shape index (κ1) is 12.7. The van der Waals surface area contributed by atoms with Crippen molar-refractivity contribution >= 4 is 10.9 Å². The Morgan fingerprint density at radius 3 is 2.79 bits per heavy atom. The van der Waals surface area contributed by atoms with Crippen LogP contribution in [0.25, 0.3) is 10.9 Å². The highest BCUT2D eigenvalue weighted by Crippen LogP contribution is 2.23. The maximum atomic E-state index is 5.76. The summed E-state index contributed by atoms with van der Waals surface area (Å²) in [6, 6.07) is 6.54. The third-order valence-electron chi connectivity index (χ3n) is 3.98. The summed E-state index contributed by atoms with van der Waals surface area (Å²) in [5.41, 5.74) is 9.67. The van der Waals surface area contributed by atoms with Crippen LogP contribution in [0.2, 0.25) is 0 Å². The van der Waals surface area contributed by atoms with Crippen molar-refractivity contribution in [2.24, 2.45) is 12.8 Å². The summed E-state index contributed by atoms with van der Waals surface area (Å²) in [6.07, 6.45) is 2.26. The van der Waals surface area contributed by atoms with E-state index >= 15 is 0 Å². The Labute approximate surface area is 114 Å². The predicted octanol–water partition coefficient (Wildman–Crippen LogP) is 1.04. The fourth-order valence-corrected chi connectivity index (χ4v) is 2.88. The van der Waals surface area contributed by atoms with Gasteiger partial charge in [0.2, 0.25) is 0 Å². The lowest BCUT2D eigenvalue weighted by Gasteiger charge is -2.26. The van der Waals surface area contributed by atoms with Crippen molar-refractivity contribution in [1.82, 2.24) is 14.8 Å². The van der Waals surface area contributed by atoms with Crippen LogP contribution in [0.15, 0.2) is 24.4 Å². The Morgan fingerprint density at radius 2 is 2.05 bits per heavy atom. The molecule has 102 valence electrons. The third kappa shape index (κ3) is 2.52. The molecule has 0 amide bonds. The van der Waals surface area contributed by atoms with Gasteiger partial charge < -0.3 is 15.6 Å². The average molecular weight is 258 g/mol. The molecule has 1 saturated heterocycles. The van der Waals surface area contributed by atoms with Gasteiger partial charge in [0, 0.05) is 63.4 Å². The van der Waals surface area contributed by atoms with Gasteiger partial charge in [-0.3, -0.25) is 4.90 Å². The highest BCUT2D eigenvalue weighted by atomic mass is 15.2. The zero-order chi connectivity index (χ0) is 13.2. The second-order valence-electron chi connectivity index (χ2n) is 5.35. The molecule has 1 aromatic heterocycles. The monoisotopic (exact) mass is 258 g/mol. The molecule has 2 heterocycles. The quantitative estimate of drug-likeness (QED) is 0.865. The van der Waals surface area contributed by atoms with Gasteiger partial charge >= 0.3 is 0 Å². The molecule has 1 aliphatic heterocycles. The lowest BCUT2D eigenvalue weighted by molar-refractivity contribution is 0.234. The van der Waals surface area contributed by atoms with Gasteiger partial charge in [-0.25, -0.2) is 0 Å². The van der Waals surface area contributed by atoms with Crippen molar-refractivity contribution in [3.8, 4) is 0 Å². The second kappa shape index (κ2) is 5.33. The number of rotatable bonds is 3. The van der Waals surface area contributed by atoms with Crippen molar-refractivity contribution in [2.75, 3.05) is 26.2 Å². The first-order valence-corrected chi connectivity index (χ1v) is 6.98. The molecule has 4 heteroatoms. The molecule has 1 aromatic carbocycles. The van der Waals surface area contributed by atoms with E-state index in [2.05, 4.69) is 46.2 Å². The molecule has 3 N–H and O–H groups in total. The SMILES string of the molecule is Cn1cc(CN2CCNCC2)c2cc(CN)ccc21. The zero-order valence-electron chi connectivity index (χ0n) is 11.5. The summed E-state index contributed by atoms with van der Waals surface area (Å²) in [5.74, 6) is 0. The van der Waals surface area contributed by atoms with Gasteiger partial charge in [0.05, 0.1) is 0 Å². The summed E-state index contributed by atoms with van der Waals surface area (Å²) in [4.78, 5) is 2.51. The Morgan fingerprint density at radius 1 is 1.26 bits per heavy atom. The smallest absolute Gasteiger partial charge is 0.0481 e. The van der Waals surface area contributed by atoms with Crippen molar-refractivity contribution in [2.45, 2.75) is 13.1 Å². The molecule has 0 bridgehead atoms. The van der Waals surface area contributed by atoms with Crippen molar-refractivity contribution < 1.29 is 0 Å². The number of nitrogens with one attached hydrogen (secondary N) is 1. The van der Waals surface area contributed by atoms with Crippen molar-refractivity contribution in [3.05, 3.63) is 35.5 Å². The van der Waals surface area contributed by atoms with Gasteiger partial charge in [-0.15, -0.1) is 0 Å². The van der Waals surface area contributed by atoms with Crippen LogP contribution in [0.1, 0.15) is 11.1 Å². The number of hydrogen-bond acceptors (Lipinski definition) is 3. The third-order valence-corrected chi connectivity index (χ3v) is 3.98. The highest BCUT2D eigenvalue weighted by molar-refractivity contribution is 5.84. The molecule has 4 nitrogen and oxygen atoms in total. The molecule has 19 heavy (non-hydrogen) atoms. The van der Waals surface area contributed by atoms with Crippen LogP contribution in [0.4, 0.5) is 0 Å². The first-order valence-electron chi connectivity index (χ1n) is 6.98. The zero-order valence-corrected chi connectivity index (χ0v) is 11.5. The van der Waals surface area contributed by atoms with E-state index in [1.165, 1.54) is 22.0 Å². The average Bonchev–Trinajstić information content (AvgIpc) is 2.76. The van der Waals surface area contributed by atoms with Crippen molar-refractivity contribution in [1.29, 1.82) is 0 Å². The lowest BCUT2D eigenvalue weighted by atomic mass is 10.1. The van der Waals surface area contributed by atoms with E-state index < -0.39 is 0 Å². The molecule has 0 atom stereocenters. The van der Waals surface area contributed by atoms with Crippen LogP contribution in [0.3, 0.4) is 0 Å². The Hall–Kier alpha value is -1.36. The van der Waals surface area contributed by atoms with Gasteiger partial charge in [0.1, 0.15) is 0 Å². The number of nitrogens with two attached hydrogens (primary N) is 1. The Bertz CT molecular complexity index is 567. The van der Waals surface area contributed by atoms with E-state index in [0.29, 0.717) is 6.54 Å². The van der Waals surface area contributed by atoms with Crippen LogP contribution in [-0.2, 0) is 20.1 Å². The number of aryl methyl sites for hydroxylation is 1. The summed E-state index contributed by atoms with van der Waals surface area (Å²) in [6.45, 7) is 6.10. The van der Waals surface area contributed by atoms with E-state index in [1.807, 2.05) is 0 Å². The summed E-state index contributed by atoms with van der Waals surface area (Å²) in [7, 11) is 2.12. The molecule has 1 fully saturated rings. The second-order valence-corrected chi connectivity index (χ2v) is 5.35. The van der Waals surface area contributed by atoms with Gasteiger partial charge in [0.15, 0.2) is 0 Å². The molecule has 3 rings (SSSR count). The van der Waals surface area contributed by atoms with Crippen LogP contribution >= 0.6 is 0 Å². The minimum absolute atomic E-state index is 0.609. The minimum atomic E-state index is 0.609. The minimum Gasteiger partial charge on any atom is -0.350 e. The molecular formula is C15H22N4. The molecule has 1 aliphatic rings. The fourth-order valence-electron chi connectivity index (χ4n) is 2.88. The van der Waals surface area contributed by atoms with Gasteiger partial charge in [-0.05, 0) is 23.3 Å². The molecular weight excluding hydrogens is 236 g/mol. The van der Waals surface area contributed by atoms with E-state index in [1.54, 1.807) is 0 Å². The number of aromatic nitrogens is 1. The van der Waals surface area contributed by atoms with Crippen LogP contribution in [-0.4, -0.2) is 35.6 Å². The standard InChI is InChI=1S/C15H22N4/c1-18-10-13(11-19-6-4-17-5-7-19)14-8-12(9-16)2-3-15(14)18/h2-3,8,10,17H,4-7,9,11,16H2,1H3.